The monoisotopic (exact) mass is 481 g/mol. The molecule has 1 aromatic heterocycles. The first-order chi connectivity index (χ1) is 16.2. The summed E-state index contributed by atoms with van der Waals surface area (Å²) in [4.78, 5) is 13.9. The predicted molar refractivity (Wildman–Crippen MR) is 134 cm³/mol. The molecule has 4 aliphatic rings. The van der Waals surface area contributed by atoms with Gasteiger partial charge >= 0.3 is 0 Å². The van der Waals surface area contributed by atoms with E-state index in [9.17, 15) is 15.2 Å². The highest BCUT2D eigenvalue weighted by Crippen LogP contribution is 2.74. The van der Waals surface area contributed by atoms with Crippen molar-refractivity contribution in [1.29, 1.82) is 5.26 Å². The first-order valence-corrected chi connectivity index (χ1v) is 13.5. The van der Waals surface area contributed by atoms with Crippen LogP contribution in [0.2, 0.25) is 0 Å². The third kappa shape index (κ3) is 2.94. The number of rotatable bonds is 3. The van der Waals surface area contributed by atoms with E-state index in [2.05, 4.69) is 31.9 Å². The molecule has 0 bridgehead atoms. The summed E-state index contributed by atoms with van der Waals surface area (Å²) < 4.78 is 1.62. The van der Waals surface area contributed by atoms with E-state index >= 15 is 0 Å². The van der Waals surface area contributed by atoms with Gasteiger partial charge in [-0.05, 0) is 88.4 Å². The lowest BCUT2D eigenvalue weighted by atomic mass is 9.33. The van der Waals surface area contributed by atoms with Gasteiger partial charge in [0.05, 0.1) is 17.4 Å². The van der Waals surface area contributed by atoms with Gasteiger partial charge in [0, 0.05) is 28.6 Å². The number of aliphatic hydroxyl groups is 1. The van der Waals surface area contributed by atoms with Crippen LogP contribution in [0.5, 0.6) is 0 Å². The molecule has 0 aromatic carbocycles. The summed E-state index contributed by atoms with van der Waals surface area (Å²) in [6.07, 6.45) is 10.9. The van der Waals surface area contributed by atoms with E-state index in [1.165, 1.54) is 6.20 Å². The maximum absolute atomic E-state index is 13.9. The third-order valence-corrected chi connectivity index (χ3v) is 12.3. The summed E-state index contributed by atoms with van der Waals surface area (Å²) in [6, 6.07) is 1.66. The second-order valence-electron chi connectivity index (χ2n) is 13.5. The molecule has 0 amide bonds. The molecule has 0 aliphatic heterocycles. The minimum Gasteiger partial charge on any atom is -0.390 e. The minimum atomic E-state index is -0.614. The zero-order chi connectivity index (χ0) is 25.7. The van der Waals surface area contributed by atoms with Crippen LogP contribution in [0.1, 0.15) is 104 Å². The van der Waals surface area contributed by atoms with Crippen LogP contribution in [0.25, 0.3) is 0 Å². The molecule has 1 aromatic rings. The highest BCUT2D eigenvalue weighted by Gasteiger charge is 2.76. The van der Waals surface area contributed by atoms with Crippen LogP contribution in [-0.4, -0.2) is 37.3 Å². The molecule has 4 saturated carbocycles. The molecule has 5 N–H and O–H groups in total. The van der Waals surface area contributed by atoms with E-state index < -0.39 is 22.7 Å². The number of hydrogen-bond donors (Lipinski definition) is 3. The van der Waals surface area contributed by atoms with E-state index in [0.29, 0.717) is 11.5 Å². The van der Waals surface area contributed by atoms with Gasteiger partial charge in [-0.3, -0.25) is 9.48 Å². The normalized spacial score (nSPS) is 49.9. The number of aromatic nitrogens is 2. The Morgan fingerprint density at radius 3 is 2.40 bits per heavy atom. The van der Waals surface area contributed by atoms with Gasteiger partial charge in [0.25, 0.3) is 0 Å². The molecule has 1 heterocycles. The van der Waals surface area contributed by atoms with Crippen LogP contribution in [0, 0.1) is 39.4 Å². The summed E-state index contributed by atoms with van der Waals surface area (Å²) in [5, 5.41) is 24.3. The maximum atomic E-state index is 13.9. The van der Waals surface area contributed by atoms with E-state index in [1.807, 2.05) is 13.8 Å². The average Bonchev–Trinajstić information content (AvgIpc) is 3.39. The summed E-state index contributed by atoms with van der Waals surface area (Å²) >= 11 is 0. The number of carbonyl (C=O) groups excluding carboxylic acids is 1. The van der Waals surface area contributed by atoms with E-state index in [1.54, 1.807) is 10.9 Å². The van der Waals surface area contributed by atoms with Crippen molar-refractivity contribution in [2.45, 2.75) is 115 Å². The lowest BCUT2D eigenvalue weighted by Crippen LogP contribution is -2.82. The van der Waals surface area contributed by atoms with Crippen LogP contribution in [0.4, 0.5) is 0 Å². The first kappa shape index (κ1) is 24.9. The molecular formula is C28H43N5O2. The lowest BCUT2D eigenvalue weighted by Gasteiger charge is -2.74. The van der Waals surface area contributed by atoms with Crippen molar-refractivity contribution < 1.29 is 9.90 Å². The summed E-state index contributed by atoms with van der Waals surface area (Å²) in [5.74, 6) is 0.399. The third-order valence-electron chi connectivity index (χ3n) is 12.3. The van der Waals surface area contributed by atoms with Crippen molar-refractivity contribution in [3.05, 3.63) is 18.0 Å². The summed E-state index contributed by atoms with van der Waals surface area (Å²) in [5.41, 5.74) is 13.3. The second-order valence-corrected chi connectivity index (χ2v) is 13.5. The topological polar surface area (TPSA) is 131 Å². The Kier molecular flexibility index (Phi) is 5.27. The van der Waals surface area contributed by atoms with Crippen molar-refractivity contribution in [1.82, 2.24) is 9.78 Å². The molecule has 0 saturated heterocycles. The van der Waals surface area contributed by atoms with E-state index in [4.69, 9.17) is 11.5 Å². The van der Waals surface area contributed by atoms with E-state index in [0.717, 1.165) is 57.8 Å². The number of Topliss-reactive ketones (excluding diaryl/α,β-unsaturated/α-hetero) is 1. The fourth-order valence-electron chi connectivity index (χ4n) is 9.63. The van der Waals surface area contributed by atoms with Gasteiger partial charge in [0.2, 0.25) is 0 Å². The number of nitrogens with two attached hydrogens (primary N) is 2. The Labute approximate surface area is 209 Å². The molecular weight excluding hydrogens is 438 g/mol. The molecule has 192 valence electrons. The van der Waals surface area contributed by atoms with Crippen molar-refractivity contribution in [3.8, 4) is 6.07 Å². The SMILES string of the molecule is C[C@H](C(=O)[C@H]1CC[C@]2(N)C1(C)CC[C@@]1(N)[C@@]2(C)CC[C@H]2C[C@](C)(O)CC[C@@]21C)n1cc(C#N)cn1. The Morgan fingerprint density at radius 1 is 1.09 bits per heavy atom. The number of carbonyl (C=O) groups is 1. The van der Waals surface area contributed by atoms with Gasteiger partial charge in [-0.25, -0.2) is 0 Å². The molecule has 7 heteroatoms. The van der Waals surface area contributed by atoms with Gasteiger partial charge < -0.3 is 16.6 Å². The van der Waals surface area contributed by atoms with Gasteiger partial charge in [-0.2, -0.15) is 10.4 Å². The van der Waals surface area contributed by atoms with Crippen molar-refractivity contribution in [3.63, 3.8) is 0 Å². The molecule has 4 aliphatic carbocycles. The van der Waals surface area contributed by atoms with Crippen molar-refractivity contribution >= 4 is 5.78 Å². The zero-order valence-electron chi connectivity index (χ0n) is 22.1. The zero-order valence-corrected chi connectivity index (χ0v) is 22.1. The smallest absolute Gasteiger partial charge is 0.160 e. The fourth-order valence-corrected chi connectivity index (χ4v) is 9.63. The average molecular weight is 482 g/mol. The first-order valence-electron chi connectivity index (χ1n) is 13.5. The molecule has 4 fully saturated rings. The van der Waals surface area contributed by atoms with Crippen molar-refractivity contribution in [2.75, 3.05) is 0 Å². The Hall–Kier alpha value is -1.75. The van der Waals surface area contributed by atoms with E-state index in [-0.39, 0.29) is 27.9 Å². The molecule has 1 unspecified atom stereocenters. The van der Waals surface area contributed by atoms with Crippen LogP contribution >= 0.6 is 0 Å². The second kappa shape index (κ2) is 7.40. The quantitative estimate of drug-likeness (QED) is 0.601. The molecule has 9 atom stereocenters. The minimum absolute atomic E-state index is 0.0753. The van der Waals surface area contributed by atoms with Crippen molar-refractivity contribution in [2.24, 2.45) is 39.5 Å². The van der Waals surface area contributed by atoms with Crippen LogP contribution in [-0.2, 0) is 4.79 Å². The molecule has 35 heavy (non-hydrogen) atoms. The number of nitriles is 1. The standard InChI is InChI=1S/C28H43N5O2/c1-18(33-17-19(15-29)16-32-33)22(34)21-7-9-27(30)25(21,4)12-13-28(31)24(3)11-10-23(2,35)14-20(24)6-8-26(27,28)5/h16-18,20-21,35H,6-14,30-31H2,1-5H3/t18-,20+,21-,23-,24+,25?,26+,27+,28+/m1/s1. The van der Waals surface area contributed by atoms with Crippen LogP contribution in [0.15, 0.2) is 12.4 Å². The van der Waals surface area contributed by atoms with Crippen LogP contribution in [0.3, 0.4) is 0 Å². The van der Waals surface area contributed by atoms with Gasteiger partial charge in [0.1, 0.15) is 12.1 Å². The molecule has 5 rings (SSSR count). The summed E-state index contributed by atoms with van der Waals surface area (Å²) in [7, 11) is 0. The van der Waals surface area contributed by atoms with Gasteiger partial charge in [-0.1, -0.05) is 20.8 Å². The Balaban J connectivity index is 1.49. The molecule has 7 nitrogen and oxygen atoms in total. The number of hydrogen-bond acceptors (Lipinski definition) is 6. The number of nitrogens with zero attached hydrogens (tertiary/aromatic N) is 3. The largest absolute Gasteiger partial charge is 0.390 e. The predicted octanol–water partition coefficient (Wildman–Crippen LogP) is 3.85. The fraction of sp³-hybridized carbons (Fsp3) is 0.821. The Morgan fingerprint density at radius 2 is 1.74 bits per heavy atom. The van der Waals surface area contributed by atoms with Gasteiger partial charge in [0.15, 0.2) is 5.78 Å². The number of ketones is 1. The summed E-state index contributed by atoms with van der Waals surface area (Å²) in [6.45, 7) is 10.8. The van der Waals surface area contributed by atoms with Gasteiger partial charge in [-0.15, -0.1) is 0 Å². The molecule has 0 radical (unpaired) electrons. The molecule has 0 spiro atoms. The Bertz CT molecular complexity index is 1090. The lowest BCUT2D eigenvalue weighted by molar-refractivity contribution is -0.208. The van der Waals surface area contributed by atoms with Crippen LogP contribution < -0.4 is 11.5 Å². The maximum Gasteiger partial charge on any atom is 0.160 e. The number of fused-ring (bicyclic) bond motifs is 5. The highest BCUT2D eigenvalue weighted by molar-refractivity contribution is 5.86. The highest BCUT2D eigenvalue weighted by atomic mass is 16.3.